The quantitative estimate of drug-likeness (QED) is 0.378. The molecule has 0 atom stereocenters. The normalized spacial score (nSPS) is 5.60. The minimum absolute atomic E-state index is 0. The van der Waals surface area contributed by atoms with E-state index in [2.05, 4.69) is 6.58 Å². The van der Waals surface area contributed by atoms with Crippen molar-refractivity contribution < 1.29 is 42.0 Å². The van der Waals surface area contributed by atoms with Crippen molar-refractivity contribution >= 4 is 12.1 Å². The van der Waals surface area contributed by atoms with Gasteiger partial charge in [-0.05, 0) is 6.16 Å². The van der Waals surface area contributed by atoms with Gasteiger partial charge >= 0.3 is 23.0 Å². The molecule has 61 valence electrons. The average Bonchev–Trinajstić information content (AvgIpc) is 1.65. The Morgan fingerprint density at radius 3 is 1.50 bits per heavy atom. The van der Waals surface area contributed by atoms with E-state index in [1.54, 1.807) is 0 Å². The molecule has 10 heavy (non-hydrogen) atoms. The molecule has 0 fully saturated rings. The molecule has 1 N–H and O–H groups in total. The summed E-state index contributed by atoms with van der Waals surface area (Å²) in [5.41, 5.74) is 0. The van der Waals surface area contributed by atoms with Crippen LogP contribution in [0.4, 0.5) is 4.79 Å². The van der Waals surface area contributed by atoms with Crippen molar-refractivity contribution in [3.63, 3.8) is 0 Å². The monoisotopic (exact) mass is 195 g/mol. The molecule has 0 aliphatic heterocycles. The van der Waals surface area contributed by atoms with E-state index in [0.29, 0.717) is 0 Å². The van der Waals surface area contributed by atoms with Gasteiger partial charge in [-0.25, -0.2) is 4.79 Å². The van der Waals surface area contributed by atoms with E-state index < -0.39 is 12.1 Å². The summed E-state index contributed by atoms with van der Waals surface area (Å²) in [6.45, 7) is 2.96. The molecule has 0 bridgehead atoms. The zero-order chi connectivity index (χ0) is 7.86. The van der Waals surface area contributed by atoms with Crippen LogP contribution in [-0.4, -0.2) is 17.2 Å². The zero-order valence-electron chi connectivity index (χ0n) is 4.67. The Morgan fingerprint density at radius 2 is 1.50 bits per heavy atom. The predicted molar refractivity (Wildman–Crippen MR) is 23.2 cm³/mol. The Kier molecular flexibility index (Phi) is 17.4. The number of aliphatic carboxylic acids is 1. The smallest absolute Gasteiger partial charge is 0.652 e. The number of hydrogen-bond acceptors (Lipinski definition) is 4. The second kappa shape index (κ2) is 10.9. The van der Waals surface area contributed by atoms with E-state index in [0.717, 1.165) is 6.08 Å². The maximum atomic E-state index is 9.25. The maximum Gasteiger partial charge on any atom is 2.00 e. The van der Waals surface area contributed by atoms with E-state index in [1.807, 2.05) is 0 Å². The van der Waals surface area contributed by atoms with Gasteiger partial charge in [0.25, 0.3) is 0 Å². The molecule has 5 nitrogen and oxygen atoms in total. The van der Waals surface area contributed by atoms with Crippen LogP contribution in [0.5, 0.6) is 0 Å². The fourth-order valence-corrected chi connectivity index (χ4v) is 0. The minimum atomic E-state index is -2.33. The number of carbonyl (C=O) groups is 2. The van der Waals surface area contributed by atoms with Gasteiger partial charge < -0.3 is 20.1 Å². The maximum absolute atomic E-state index is 9.25. The number of rotatable bonds is 1. The Balaban J connectivity index is -0.0000000910. The summed E-state index contributed by atoms with van der Waals surface area (Å²) in [7, 11) is 0. The fourth-order valence-electron chi connectivity index (χ4n) is 0. The molecule has 6 heteroatoms. The average molecular weight is 196 g/mol. The first-order valence-electron chi connectivity index (χ1n) is 1.74. The first-order valence-corrected chi connectivity index (χ1v) is 1.74. The molecular weight excluding hydrogens is 192 g/mol. The first kappa shape index (κ1) is 16.0. The van der Waals surface area contributed by atoms with Gasteiger partial charge in [0.2, 0.25) is 0 Å². The van der Waals surface area contributed by atoms with Crippen LogP contribution >= 0.6 is 0 Å². The third-order valence-electron chi connectivity index (χ3n) is 0.175. The van der Waals surface area contributed by atoms with Gasteiger partial charge in [0.05, 0.1) is 0 Å². The number of hydrogen-bond donors (Lipinski definition) is 1. The van der Waals surface area contributed by atoms with Crippen LogP contribution in [0, 0.1) is 0 Å². The molecule has 0 unspecified atom stereocenters. The molecule has 0 aromatic carbocycles. The SMILES string of the molecule is C=CC(=O)O.O=C([O-])[O-].[Cu+2]. The second-order valence-electron chi connectivity index (χ2n) is 0.792. The Hall–Kier alpha value is -1.00. The molecule has 0 aliphatic rings. The van der Waals surface area contributed by atoms with Gasteiger partial charge in [-0.3, -0.25) is 0 Å². The van der Waals surface area contributed by atoms with Crippen LogP contribution in [0.2, 0.25) is 0 Å². The van der Waals surface area contributed by atoms with Gasteiger partial charge in [0.15, 0.2) is 0 Å². The summed E-state index contributed by atoms with van der Waals surface area (Å²) < 4.78 is 0. The number of carbonyl (C=O) groups excluding carboxylic acids is 1. The van der Waals surface area contributed by atoms with Gasteiger partial charge in [-0.15, -0.1) is 0 Å². The number of carboxylic acid groups (broad SMARTS) is 3. The van der Waals surface area contributed by atoms with Crippen LogP contribution in [0.25, 0.3) is 0 Å². The van der Waals surface area contributed by atoms with Crippen LogP contribution in [-0.2, 0) is 21.9 Å². The third-order valence-corrected chi connectivity index (χ3v) is 0.175. The van der Waals surface area contributed by atoms with Gasteiger partial charge in [0.1, 0.15) is 0 Å². The van der Waals surface area contributed by atoms with Crippen molar-refractivity contribution in [1.29, 1.82) is 0 Å². The molecule has 0 amide bonds. The van der Waals surface area contributed by atoms with Crippen molar-refractivity contribution in [3.05, 3.63) is 12.7 Å². The first-order chi connectivity index (χ1) is 4.00. The molecule has 1 radical (unpaired) electrons. The van der Waals surface area contributed by atoms with Gasteiger partial charge in [0, 0.05) is 6.08 Å². The van der Waals surface area contributed by atoms with Crippen LogP contribution in [0.15, 0.2) is 12.7 Å². The van der Waals surface area contributed by atoms with Crippen LogP contribution in [0.3, 0.4) is 0 Å². The Labute approximate surface area is 67.5 Å². The Bertz CT molecular complexity index is 117. The van der Waals surface area contributed by atoms with E-state index in [9.17, 15) is 4.79 Å². The van der Waals surface area contributed by atoms with E-state index in [-0.39, 0.29) is 17.1 Å². The third kappa shape index (κ3) is 252. The predicted octanol–water partition coefficient (Wildman–Crippen LogP) is -2.19. The van der Waals surface area contributed by atoms with Gasteiger partial charge in [-0.2, -0.15) is 0 Å². The summed E-state index contributed by atoms with van der Waals surface area (Å²) in [6.07, 6.45) is -1.50. The molecule has 0 heterocycles. The summed E-state index contributed by atoms with van der Waals surface area (Å²) in [5, 5.41) is 24.3. The van der Waals surface area contributed by atoms with Crippen LogP contribution < -0.4 is 10.2 Å². The number of carboxylic acids is 1. The second-order valence-corrected chi connectivity index (χ2v) is 0.792. The van der Waals surface area contributed by atoms with E-state index in [1.165, 1.54) is 0 Å². The Morgan fingerprint density at radius 1 is 1.40 bits per heavy atom. The molecular formula is C4H4CuO5. The largest absolute Gasteiger partial charge is 2.00 e. The van der Waals surface area contributed by atoms with E-state index >= 15 is 0 Å². The molecule has 0 saturated carbocycles. The summed E-state index contributed by atoms with van der Waals surface area (Å²) in [5.74, 6) is -0.981. The molecule has 0 aliphatic carbocycles. The van der Waals surface area contributed by atoms with Crippen molar-refractivity contribution in [2.75, 3.05) is 0 Å². The summed E-state index contributed by atoms with van der Waals surface area (Å²) >= 11 is 0. The van der Waals surface area contributed by atoms with Crippen molar-refractivity contribution in [2.45, 2.75) is 0 Å². The summed E-state index contributed by atoms with van der Waals surface area (Å²) in [6, 6.07) is 0. The molecule has 0 aromatic rings. The summed E-state index contributed by atoms with van der Waals surface area (Å²) in [4.78, 5) is 17.6. The molecule has 0 rings (SSSR count). The topological polar surface area (TPSA) is 100 Å². The molecule has 0 saturated heterocycles. The molecule has 0 spiro atoms. The zero-order valence-corrected chi connectivity index (χ0v) is 5.61. The standard InChI is InChI=1S/C3H4O2.CH2O3.Cu/c1-2-3(4)5;2-1(3)4;/h2H,1H2,(H,4,5);(H2,2,3,4);/q;;+2/p-2. The molecule has 0 aromatic heterocycles. The van der Waals surface area contributed by atoms with Gasteiger partial charge in [-0.1, -0.05) is 6.58 Å². The van der Waals surface area contributed by atoms with Crippen molar-refractivity contribution in [1.82, 2.24) is 0 Å². The van der Waals surface area contributed by atoms with Crippen LogP contribution in [0.1, 0.15) is 0 Å². The fraction of sp³-hybridized carbons (Fsp3) is 0. The minimum Gasteiger partial charge on any atom is -0.652 e. The van der Waals surface area contributed by atoms with Crippen molar-refractivity contribution in [2.24, 2.45) is 0 Å². The van der Waals surface area contributed by atoms with Crippen molar-refractivity contribution in [3.8, 4) is 0 Å². The van der Waals surface area contributed by atoms with E-state index in [4.69, 9.17) is 20.1 Å².